The first-order valence-corrected chi connectivity index (χ1v) is 8.98. The fraction of sp³-hybridized carbons (Fsp3) is 0.500. The van der Waals surface area contributed by atoms with Crippen LogP contribution in [0.15, 0.2) is 30.5 Å². The van der Waals surface area contributed by atoms with Gasteiger partial charge in [-0.2, -0.15) is 0 Å². The molecule has 1 aliphatic rings. The second-order valence-electron chi connectivity index (χ2n) is 7.88. The van der Waals surface area contributed by atoms with Gasteiger partial charge in [0.2, 0.25) is 11.8 Å². The third kappa shape index (κ3) is 3.86. The first-order valence-electron chi connectivity index (χ1n) is 8.98. The van der Waals surface area contributed by atoms with Crippen molar-refractivity contribution in [3.8, 4) is 0 Å². The van der Waals surface area contributed by atoms with E-state index in [1.807, 2.05) is 31.7 Å². The topological polar surface area (TPSA) is 65.2 Å². The van der Waals surface area contributed by atoms with Crippen molar-refractivity contribution in [2.75, 3.05) is 19.6 Å². The maximum atomic E-state index is 12.3. The first kappa shape index (κ1) is 17.5. The Morgan fingerprint density at radius 1 is 1.20 bits per heavy atom. The van der Waals surface area contributed by atoms with E-state index in [1.54, 1.807) is 0 Å². The van der Waals surface area contributed by atoms with Crippen molar-refractivity contribution in [3.05, 3.63) is 36.0 Å². The van der Waals surface area contributed by atoms with Crippen molar-refractivity contribution < 1.29 is 9.59 Å². The molecule has 1 aromatic carbocycles. The minimum atomic E-state index is -0.470. The van der Waals surface area contributed by atoms with Crippen LogP contribution in [-0.2, 0) is 9.59 Å². The van der Waals surface area contributed by atoms with E-state index in [4.69, 9.17) is 0 Å². The number of H-pyrrole nitrogens is 1. The molecule has 25 heavy (non-hydrogen) atoms. The number of piperidine rings is 1. The molecule has 0 bridgehead atoms. The summed E-state index contributed by atoms with van der Waals surface area (Å²) >= 11 is 0. The number of aromatic nitrogens is 1. The Hall–Kier alpha value is -2.30. The van der Waals surface area contributed by atoms with Gasteiger partial charge >= 0.3 is 0 Å². The average molecular weight is 341 g/mol. The molecular formula is C20H27N3O2. The molecule has 0 aliphatic carbocycles. The lowest BCUT2D eigenvalue weighted by Crippen LogP contribution is -2.45. The molecule has 1 aliphatic heterocycles. The molecule has 0 saturated carbocycles. The number of carbonyl (C=O) groups is 2. The highest BCUT2D eigenvalue weighted by atomic mass is 16.2. The number of carbonyl (C=O) groups excluding carboxylic acids is 2. The fourth-order valence-electron chi connectivity index (χ4n) is 3.40. The van der Waals surface area contributed by atoms with Crippen LogP contribution in [0.5, 0.6) is 0 Å². The second-order valence-corrected chi connectivity index (χ2v) is 7.88. The Morgan fingerprint density at radius 3 is 2.56 bits per heavy atom. The number of benzene rings is 1. The number of nitrogens with zero attached hydrogens (tertiary/aromatic N) is 1. The summed E-state index contributed by atoms with van der Waals surface area (Å²) in [4.78, 5) is 29.4. The summed E-state index contributed by atoms with van der Waals surface area (Å²) in [6.45, 7) is 7.12. The molecule has 2 aromatic rings. The highest BCUT2D eigenvalue weighted by Gasteiger charge is 2.27. The number of hydrogen-bond acceptors (Lipinski definition) is 2. The predicted molar refractivity (Wildman–Crippen MR) is 99.3 cm³/mol. The molecule has 5 nitrogen and oxygen atoms in total. The SMILES string of the molecule is CC(C)(C)C(=O)NCC(=O)N1CCC(c2c[nH]c3ccccc23)CC1. The molecule has 0 radical (unpaired) electrons. The van der Waals surface area contributed by atoms with Crippen molar-refractivity contribution in [2.45, 2.75) is 39.5 Å². The van der Waals surface area contributed by atoms with Crippen LogP contribution in [0.4, 0.5) is 0 Å². The Kier molecular flexibility index (Phi) is 4.84. The maximum Gasteiger partial charge on any atom is 0.241 e. The predicted octanol–water partition coefficient (Wildman–Crippen LogP) is 3.04. The summed E-state index contributed by atoms with van der Waals surface area (Å²) in [5.74, 6) is 0.397. The Morgan fingerprint density at radius 2 is 1.88 bits per heavy atom. The van der Waals surface area contributed by atoms with Gasteiger partial charge in [-0.1, -0.05) is 39.0 Å². The number of fused-ring (bicyclic) bond motifs is 1. The van der Waals surface area contributed by atoms with Crippen molar-refractivity contribution in [2.24, 2.45) is 5.41 Å². The molecule has 0 atom stereocenters. The van der Waals surface area contributed by atoms with E-state index < -0.39 is 5.41 Å². The van der Waals surface area contributed by atoms with Crippen LogP contribution in [0.2, 0.25) is 0 Å². The molecular weight excluding hydrogens is 314 g/mol. The van der Waals surface area contributed by atoms with Gasteiger partial charge in [-0.25, -0.2) is 0 Å². The zero-order valence-corrected chi connectivity index (χ0v) is 15.3. The summed E-state index contributed by atoms with van der Waals surface area (Å²) in [5.41, 5.74) is 2.05. The monoisotopic (exact) mass is 341 g/mol. The van der Waals surface area contributed by atoms with Crippen LogP contribution in [0.25, 0.3) is 10.9 Å². The minimum Gasteiger partial charge on any atom is -0.361 e. The summed E-state index contributed by atoms with van der Waals surface area (Å²) in [5, 5.41) is 4.03. The molecule has 1 fully saturated rings. The molecule has 2 heterocycles. The first-order chi connectivity index (χ1) is 11.9. The smallest absolute Gasteiger partial charge is 0.241 e. The minimum absolute atomic E-state index is 0.00924. The van der Waals surface area contributed by atoms with E-state index in [2.05, 4.69) is 34.7 Å². The molecule has 0 unspecified atom stereocenters. The van der Waals surface area contributed by atoms with Gasteiger partial charge in [0.15, 0.2) is 0 Å². The van der Waals surface area contributed by atoms with Gasteiger partial charge in [-0.05, 0) is 30.4 Å². The average Bonchev–Trinajstić information content (AvgIpc) is 3.02. The largest absolute Gasteiger partial charge is 0.361 e. The molecule has 5 heteroatoms. The van der Waals surface area contributed by atoms with E-state index in [-0.39, 0.29) is 18.4 Å². The Bertz CT molecular complexity index is 765. The normalized spacial score (nSPS) is 16.2. The Balaban J connectivity index is 1.55. The molecule has 2 amide bonds. The summed E-state index contributed by atoms with van der Waals surface area (Å²) in [7, 11) is 0. The van der Waals surface area contributed by atoms with Gasteiger partial charge in [-0.15, -0.1) is 0 Å². The molecule has 1 saturated heterocycles. The lowest BCUT2D eigenvalue weighted by atomic mass is 9.89. The number of likely N-dealkylation sites (tertiary alicyclic amines) is 1. The number of rotatable bonds is 3. The fourth-order valence-corrected chi connectivity index (χ4v) is 3.40. The van der Waals surface area contributed by atoms with E-state index in [0.717, 1.165) is 25.9 Å². The van der Waals surface area contributed by atoms with E-state index in [9.17, 15) is 9.59 Å². The zero-order chi connectivity index (χ0) is 18.0. The standard InChI is InChI=1S/C20H27N3O2/c1-20(2,3)19(25)22-13-18(24)23-10-8-14(9-11-23)16-12-21-17-7-5-4-6-15(16)17/h4-7,12,14,21H,8-11,13H2,1-3H3,(H,22,25). The van der Waals surface area contributed by atoms with Crippen LogP contribution in [0, 0.1) is 5.41 Å². The molecule has 3 rings (SSSR count). The number of hydrogen-bond donors (Lipinski definition) is 2. The van der Waals surface area contributed by atoms with Crippen molar-refractivity contribution in [1.82, 2.24) is 15.2 Å². The van der Waals surface area contributed by atoms with Gasteiger partial charge in [0.25, 0.3) is 0 Å². The summed E-state index contributed by atoms with van der Waals surface area (Å²) in [6, 6.07) is 8.35. The highest BCUT2D eigenvalue weighted by Crippen LogP contribution is 2.33. The maximum absolute atomic E-state index is 12.3. The van der Waals surface area contributed by atoms with Gasteiger partial charge in [0.05, 0.1) is 6.54 Å². The summed E-state index contributed by atoms with van der Waals surface area (Å²) in [6.07, 6.45) is 4.03. The van der Waals surface area contributed by atoms with E-state index in [1.165, 1.54) is 16.5 Å². The van der Waals surface area contributed by atoms with Gasteiger partial charge < -0.3 is 15.2 Å². The van der Waals surface area contributed by atoms with Crippen molar-refractivity contribution in [3.63, 3.8) is 0 Å². The number of para-hydroxylation sites is 1. The van der Waals surface area contributed by atoms with E-state index in [0.29, 0.717) is 5.92 Å². The van der Waals surface area contributed by atoms with Gasteiger partial charge in [0.1, 0.15) is 0 Å². The summed E-state index contributed by atoms with van der Waals surface area (Å²) < 4.78 is 0. The molecule has 2 N–H and O–H groups in total. The number of aromatic amines is 1. The van der Waals surface area contributed by atoms with E-state index >= 15 is 0 Å². The van der Waals surface area contributed by atoms with Gasteiger partial charge in [0, 0.05) is 35.6 Å². The van der Waals surface area contributed by atoms with Gasteiger partial charge in [-0.3, -0.25) is 9.59 Å². The Labute approximate surface area is 148 Å². The third-order valence-corrected chi connectivity index (χ3v) is 4.99. The van der Waals surface area contributed by atoms with Crippen LogP contribution >= 0.6 is 0 Å². The number of nitrogens with one attached hydrogen (secondary N) is 2. The van der Waals surface area contributed by atoms with Crippen LogP contribution in [0.1, 0.15) is 45.1 Å². The van der Waals surface area contributed by atoms with Crippen LogP contribution < -0.4 is 5.32 Å². The van der Waals surface area contributed by atoms with Crippen LogP contribution in [0.3, 0.4) is 0 Å². The lowest BCUT2D eigenvalue weighted by molar-refractivity contribution is -0.135. The third-order valence-electron chi connectivity index (χ3n) is 4.99. The highest BCUT2D eigenvalue weighted by molar-refractivity contribution is 5.87. The second kappa shape index (κ2) is 6.90. The zero-order valence-electron chi connectivity index (χ0n) is 15.3. The molecule has 134 valence electrons. The van der Waals surface area contributed by atoms with Crippen molar-refractivity contribution >= 4 is 22.7 Å². The van der Waals surface area contributed by atoms with Crippen LogP contribution in [-0.4, -0.2) is 41.3 Å². The van der Waals surface area contributed by atoms with Crippen molar-refractivity contribution in [1.29, 1.82) is 0 Å². The molecule has 1 aromatic heterocycles. The molecule has 0 spiro atoms. The number of amides is 2. The lowest BCUT2D eigenvalue weighted by Gasteiger charge is -2.32. The quantitative estimate of drug-likeness (QED) is 0.901.